The predicted molar refractivity (Wildman–Crippen MR) is 65.8 cm³/mol. The maximum absolute atomic E-state index is 5.75. The Morgan fingerprint density at radius 2 is 2.41 bits per heavy atom. The molecule has 0 aliphatic carbocycles. The van der Waals surface area contributed by atoms with Crippen LogP contribution in [-0.2, 0) is 11.2 Å². The quantitative estimate of drug-likeness (QED) is 0.773. The summed E-state index contributed by atoms with van der Waals surface area (Å²) in [5, 5.41) is 3.29. The molecule has 0 spiro atoms. The van der Waals surface area contributed by atoms with Crippen LogP contribution in [0.4, 0.5) is 0 Å². The topological polar surface area (TPSA) is 47.3 Å². The molecular formula is C13H22N2O2. The molecule has 4 nitrogen and oxygen atoms in total. The average molecular weight is 238 g/mol. The summed E-state index contributed by atoms with van der Waals surface area (Å²) in [4.78, 5) is 4.32. The SMILES string of the molecule is CCNCCCc1ncc(C2OCCC2C)o1. The summed E-state index contributed by atoms with van der Waals surface area (Å²) in [5.41, 5.74) is 0. The van der Waals surface area contributed by atoms with E-state index < -0.39 is 0 Å². The van der Waals surface area contributed by atoms with Gasteiger partial charge in [0, 0.05) is 13.0 Å². The minimum atomic E-state index is 0.116. The molecule has 1 aromatic heterocycles. The molecular weight excluding hydrogens is 216 g/mol. The molecule has 1 aliphatic heterocycles. The van der Waals surface area contributed by atoms with E-state index >= 15 is 0 Å². The first-order valence-electron chi connectivity index (χ1n) is 6.58. The largest absolute Gasteiger partial charge is 0.443 e. The molecule has 0 saturated carbocycles. The molecule has 2 heterocycles. The van der Waals surface area contributed by atoms with Crippen LogP contribution in [0.5, 0.6) is 0 Å². The fourth-order valence-corrected chi connectivity index (χ4v) is 2.17. The van der Waals surface area contributed by atoms with E-state index in [2.05, 4.69) is 24.1 Å². The molecule has 0 bridgehead atoms. The summed E-state index contributed by atoms with van der Waals surface area (Å²) in [5.74, 6) is 2.27. The molecule has 96 valence electrons. The Bertz CT molecular complexity index is 338. The highest BCUT2D eigenvalue weighted by Crippen LogP contribution is 2.34. The lowest BCUT2D eigenvalue weighted by atomic mass is 10.0. The van der Waals surface area contributed by atoms with Crippen LogP contribution >= 0.6 is 0 Å². The maximum Gasteiger partial charge on any atom is 0.194 e. The Labute approximate surface area is 103 Å². The second-order valence-electron chi connectivity index (χ2n) is 4.67. The Balaban J connectivity index is 1.83. The van der Waals surface area contributed by atoms with Gasteiger partial charge in [-0.1, -0.05) is 13.8 Å². The van der Waals surface area contributed by atoms with Crippen LogP contribution in [0.3, 0.4) is 0 Å². The van der Waals surface area contributed by atoms with E-state index in [1.54, 1.807) is 0 Å². The van der Waals surface area contributed by atoms with Crippen molar-refractivity contribution in [2.24, 2.45) is 5.92 Å². The number of ether oxygens (including phenoxy) is 1. The minimum Gasteiger partial charge on any atom is -0.443 e. The van der Waals surface area contributed by atoms with Crippen LogP contribution in [-0.4, -0.2) is 24.7 Å². The Kier molecular flexibility index (Phi) is 4.57. The fraction of sp³-hybridized carbons (Fsp3) is 0.769. The summed E-state index contributed by atoms with van der Waals surface area (Å²) in [6, 6.07) is 0. The molecule has 1 aromatic rings. The maximum atomic E-state index is 5.75. The highest BCUT2D eigenvalue weighted by Gasteiger charge is 2.28. The Morgan fingerprint density at radius 1 is 1.53 bits per heavy atom. The number of rotatable bonds is 6. The first kappa shape index (κ1) is 12.6. The van der Waals surface area contributed by atoms with Crippen LogP contribution < -0.4 is 5.32 Å². The molecule has 2 unspecified atom stereocenters. The van der Waals surface area contributed by atoms with Gasteiger partial charge in [-0.15, -0.1) is 0 Å². The lowest BCUT2D eigenvalue weighted by molar-refractivity contribution is 0.0749. The van der Waals surface area contributed by atoms with Crippen molar-refractivity contribution in [1.29, 1.82) is 0 Å². The Hall–Kier alpha value is -0.870. The number of aryl methyl sites for hydroxylation is 1. The second kappa shape index (κ2) is 6.17. The van der Waals surface area contributed by atoms with Gasteiger partial charge in [-0.25, -0.2) is 4.98 Å². The lowest BCUT2D eigenvalue weighted by Crippen LogP contribution is -2.14. The summed E-state index contributed by atoms with van der Waals surface area (Å²) >= 11 is 0. The molecule has 0 aromatic carbocycles. The van der Waals surface area contributed by atoms with Crippen molar-refractivity contribution in [3.8, 4) is 0 Å². The summed E-state index contributed by atoms with van der Waals surface area (Å²) in [6.07, 6.45) is 5.02. The van der Waals surface area contributed by atoms with Crippen molar-refractivity contribution in [3.63, 3.8) is 0 Å². The molecule has 1 N–H and O–H groups in total. The van der Waals surface area contributed by atoms with E-state index in [0.29, 0.717) is 5.92 Å². The van der Waals surface area contributed by atoms with Gasteiger partial charge in [-0.05, 0) is 31.8 Å². The van der Waals surface area contributed by atoms with Crippen LogP contribution in [0.1, 0.15) is 44.4 Å². The van der Waals surface area contributed by atoms with Gasteiger partial charge >= 0.3 is 0 Å². The number of hydrogen-bond acceptors (Lipinski definition) is 4. The van der Waals surface area contributed by atoms with E-state index in [4.69, 9.17) is 9.15 Å². The third kappa shape index (κ3) is 3.30. The summed E-state index contributed by atoms with van der Waals surface area (Å²) < 4.78 is 11.4. The third-order valence-electron chi connectivity index (χ3n) is 3.23. The van der Waals surface area contributed by atoms with Crippen LogP contribution in [0, 0.1) is 5.92 Å². The molecule has 2 rings (SSSR count). The normalized spacial score (nSPS) is 24.4. The van der Waals surface area contributed by atoms with Gasteiger partial charge in [0.05, 0.1) is 6.20 Å². The first-order valence-corrected chi connectivity index (χ1v) is 6.58. The summed E-state index contributed by atoms with van der Waals surface area (Å²) in [6.45, 7) is 7.18. The number of hydrogen-bond donors (Lipinski definition) is 1. The Morgan fingerprint density at radius 3 is 3.12 bits per heavy atom. The standard InChI is InChI=1S/C13H22N2O2/c1-3-14-7-4-5-12-15-9-11(17-12)13-10(2)6-8-16-13/h9-10,13-14H,3-8H2,1-2H3. The lowest BCUT2D eigenvalue weighted by Gasteiger charge is -2.10. The van der Waals surface area contributed by atoms with Gasteiger partial charge in [-0.3, -0.25) is 0 Å². The van der Waals surface area contributed by atoms with E-state index in [1.807, 2.05) is 6.20 Å². The zero-order chi connectivity index (χ0) is 12.1. The van der Waals surface area contributed by atoms with E-state index in [9.17, 15) is 0 Å². The third-order valence-corrected chi connectivity index (χ3v) is 3.23. The highest BCUT2D eigenvalue weighted by atomic mass is 16.5. The molecule has 1 saturated heterocycles. The fourth-order valence-electron chi connectivity index (χ4n) is 2.17. The monoisotopic (exact) mass is 238 g/mol. The molecule has 1 aliphatic rings. The molecule has 1 fully saturated rings. The van der Waals surface area contributed by atoms with Gasteiger partial charge in [0.1, 0.15) is 6.10 Å². The van der Waals surface area contributed by atoms with Gasteiger partial charge in [0.15, 0.2) is 11.7 Å². The zero-order valence-corrected chi connectivity index (χ0v) is 10.7. The van der Waals surface area contributed by atoms with Crippen molar-refractivity contribution >= 4 is 0 Å². The smallest absolute Gasteiger partial charge is 0.194 e. The number of oxazole rings is 1. The molecule has 2 atom stereocenters. The minimum absolute atomic E-state index is 0.116. The van der Waals surface area contributed by atoms with Crippen LogP contribution in [0.2, 0.25) is 0 Å². The molecule has 0 radical (unpaired) electrons. The molecule has 17 heavy (non-hydrogen) atoms. The zero-order valence-electron chi connectivity index (χ0n) is 10.7. The molecule has 4 heteroatoms. The van der Waals surface area contributed by atoms with Crippen molar-refractivity contribution in [2.75, 3.05) is 19.7 Å². The van der Waals surface area contributed by atoms with Crippen LogP contribution in [0.15, 0.2) is 10.6 Å². The highest BCUT2D eigenvalue weighted by molar-refractivity contribution is 5.01. The van der Waals surface area contributed by atoms with E-state index in [-0.39, 0.29) is 6.10 Å². The van der Waals surface area contributed by atoms with Crippen molar-refractivity contribution < 1.29 is 9.15 Å². The number of nitrogens with zero attached hydrogens (tertiary/aromatic N) is 1. The molecule has 0 amide bonds. The second-order valence-corrected chi connectivity index (χ2v) is 4.67. The first-order chi connectivity index (χ1) is 8.31. The van der Waals surface area contributed by atoms with Gasteiger partial charge in [0.25, 0.3) is 0 Å². The van der Waals surface area contributed by atoms with Gasteiger partial charge < -0.3 is 14.5 Å². The average Bonchev–Trinajstić information content (AvgIpc) is 2.93. The van der Waals surface area contributed by atoms with Crippen molar-refractivity contribution in [1.82, 2.24) is 10.3 Å². The van der Waals surface area contributed by atoms with Gasteiger partial charge in [-0.2, -0.15) is 0 Å². The van der Waals surface area contributed by atoms with Crippen molar-refractivity contribution in [2.45, 2.75) is 39.2 Å². The predicted octanol–water partition coefficient (Wildman–Crippen LogP) is 2.31. The number of aromatic nitrogens is 1. The number of nitrogens with one attached hydrogen (secondary N) is 1. The van der Waals surface area contributed by atoms with Gasteiger partial charge in [0.2, 0.25) is 0 Å². The summed E-state index contributed by atoms with van der Waals surface area (Å²) in [7, 11) is 0. The van der Waals surface area contributed by atoms with E-state index in [1.165, 1.54) is 0 Å². The van der Waals surface area contributed by atoms with Crippen molar-refractivity contribution in [3.05, 3.63) is 17.8 Å². The van der Waals surface area contributed by atoms with Crippen LogP contribution in [0.25, 0.3) is 0 Å². The van der Waals surface area contributed by atoms with E-state index in [0.717, 1.165) is 50.6 Å².